The van der Waals surface area contributed by atoms with Gasteiger partial charge in [0.2, 0.25) is 10.0 Å². The summed E-state index contributed by atoms with van der Waals surface area (Å²) in [5.74, 6) is 0. The molecule has 0 spiro atoms. The molecule has 0 bridgehead atoms. The second kappa shape index (κ2) is 7.26. The van der Waals surface area contributed by atoms with Crippen molar-refractivity contribution in [1.29, 1.82) is 0 Å². The first-order chi connectivity index (χ1) is 9.94. The Hall–Kier alpha value is -0.370. The Kier molecular flexibility index (Phi) is 5.88. The van der Waals surface area contributed by atoms with Crippen molar-refractivity contribution in [3.63, 3.8) is 0 Å². The van der Waals surface area contributed by atoms with Gasteiger partial charge in [-0.2, -0.15) is 0 Å². The van der Waals surface area contributed by atoms with E-state index in [9.17, 15) is 8.42 Å². The van der Waals surface area contributed by atoms with Gasteiger partial charge in [0.25, 0.3) is 0 Å². The van der Waals surface area contributed by atoms with Crippen molar-refractivity contribution in [2.24, 2.45) is 5.73 Å². The molecule has 1 aromatic carbocycles. The number of hydrogen-bond acceptors (Lipinski definition) is 4. The van der Waals surface area contributed by atoms with Crippen LogP contribution >= 0.6 is 23.2 Å². The molecule has 0 aromatic heterocycles. The molecule has 0 saturated carbocycles. The van der Waals surface area contributed by atoms with Gasteiger partial charge in [0, 0.05) is 24.7 Å². The summed E-state index contributed by atoms with van der Waals surface area (Å²) in [5.41, 5.74) is 6.07. The maximum absolute atomic E-state index is 12.3. The van der Waals surface area contributed by atoms with Gasteiger partial charge in [-0.3, -0.25) is 0 Å². The number of halogens is 2. The minimum atomic E-state index is -3.69. The number of nitrogens with two attached hydrogens (primary N) is 1. The van der Waals surface area contributed by atoms with Crippen LogP contribution in [-0.4, -0.2) is 39.5 Å². The number of nitrogens with one attached hydrogen (secondary N) is 1. The molecule has 5 nitrogen and oxygen atoms in total. The van der Waals surface area contributed by atoms with Crippen molar-refractivity contribution >= 4 is 33.2 Å². The zero-order chi connectivity index (χ0) is 15.5. The second-order valence-corrected chi connectivity index (χ2v) is 7.58. The predicted molar refractivity (Wildman–Crippen MR) is 85.2 cm³/mol. The monoisotopic (exact) mass is 351 g/mol. The number of benzene rings is 1. The van der Waals surface area contributed by atoms with Crippen LogP contribution in [0.5, 0.6) is 0 Å². The third kappa shape index (κ3) is 4.31. The zero-order valence-electron chi connectivity index (χ0n) is 11.6. The summed E-state index contributed by atoms with van der Waals surface area (Å²) < 4.78 is 27.2. The number of likely N-dealkylation sites (tertiary alicyclic amines) is 1. The lowest BCUT2D eigenvalue weighted by Gasteiger charge is -2.16. The Morgan fingerprint density at radius 3 is 2.52 bits per heavy atom. The molecule has 0 aliphatic carbocycles. The van der Waals surface area contributed by atoms with Crippen molar-refractivity contribution in [3.05, 3.63) is 27.7 Å². The Bertz CT molecular complexity index is 602. The topological polar surface area (TPSA) is 75.4 Å². The summed E-state index contributed by atoms with van der Waals surface area (Å²) in [6.45, 7) is 3.23. The van der Waals surface area contributed by atoms with E-state index in [0.29, 0.717) is 23.7 Å². The van der Waals surface area contributed by atoms with E-state index in [0.717, 1.165) is 13.1 Å². The number of sulfonamides is 1. The first-order valence-corrected chi connectivity index (χ1v) is 9.08. The second-order valence-electron chi connectivity index (χ2n) is 5.03. The van der Waals surface area contributed by atoms with Crippen LogP contribution in [0.2, 0.25) is 10.0 Å². The highest BCUT2D eigenvalue weighted by atomic mass is 35.5. The van der Waals surface area contributed by atoms with E-state index in [4.69, 9.17) is 28.9 Å². The lowest BCUT2D eigenvalue weighted by Crippen LogP contribution is -2.33. The lowest BCUT2D eigenvalue weighted by atomic mass is 10.2. The van der Waals surface area contributed by atoms with Gasteiger partial charge in [-0.15, -0.1) is 0 Å². The van der Waals surface area contributed by atoms with Gasteiger partial charge in [-0.25, -0.2) is 13.1 Å². The minimum absolute atomic E-state index is 0.0152. The standard InChI is InChI=1S/C13H19Cl2N3O2S/c14-11-7-10(9-16)13(15)12(8-11)21(19,20)17-3-6-18-4-1-2-5-18/h7-8,17H,1-6,9,16H2. The van der Waals surface area contributed by atoms with Crippen LogP contribution in [0.4, 0.5) is 0 Å². The van der Waals surface area contributed by atoms with Crippen LogP contribution in [0.1, 0.15) is 18.4 Å². The van der Waals surface area contributed by atoms with E-state index in [1.54, 1.807) is 6.07 Å². The molecule has 21 heavy (non-hydrogen) atoms. The summed E-state index contributed by atoms with van der Waals surface area (Å²) >= 11 is 12.0. The molecule has 118 valence electrons. The quantitative estimate of drug-likeness (QED) is 0.819. The normalized spacial score (nSPS) is 16.5. The molecular weight excluding hydrogens is 333 g/mol. The molecule has 1 aliphatic rings. The highest BCUT2D eigenvalue weighted by Gasteiger charge is 2.21. The first-order valence-electron chi connectivity index (χ1n) is 6.84. The summed E-state index contributed by atoms with van der Waals surface area (Å²) in [6.07, 6.45) is 2.35. The van der Waals surface area contributed by atoms with Crippen LogP contribution in [0.25, 0.3) is 0 Å². The number of nitrogens with zero attached hydrogens (tertiary/aromatic N) is 1. The van der Waals surface area contributed by atoms with E-state index < -0.39 is 10.0 Å². The summed E-state index contributed by atoms with van der Waals surface area (Å²) in [4.78, 5) is 2.21. The van der Waals surface area contributed by atoms with E-state index in [1.165, 1.54) is 18.9 Å². The number of hydrogen-bond donors (Lipinski definition) is 2. The molecule has 8 heteroatoms. The highest BCUT2D eigenvalue weighted by molar-refractivity contribution is 7.89. The zero-order valence-corrected chi connectivity index (χ0v) is 13.9. The van der Waals surface area contributed by atoms with Crippen molar-refractivity contribution < 1.29 is 8.42 Å². The maximum Gasteiger partial charge on any atom is 0.242 e. The Balaban J connectivity index is 2.09. The molecule has 1 fully saturated rings. The minimum Gasteiger partial charge on any atom is -0.326 e. The average Bonchev–Trinajstić information content (AvgIpc) is 2.93. The van der Waals surface area contributed by atoms with Crippen LogP contribution in [0, 0.1) is 0 Å². The molecule has 1 heterocycles. The molecule has 2 rings (SSSR count). The summed E-state index contributed by atoms with van der Waals surface area (Å²) in [7, 11) is -3.69. The van der Waals surface area contributed by atoms with Crippen LogP contribution in [0.15, 0.2) is 17.0 Å². The van der Waals surface area contributed by atoms with Crippen molar-refractivity contribution in [2.75, 3.05) is 26.2 Å². The van der Waals surface area contributed by atoms with Gasteiger partial charge in [-0.1, -0.05) is 23.2 Å². The summed E-state index contributed by atoms with van der Waals surface area (Å²) in [5, 5.41) is 0.440. The first kappa shape index (κ1) is 17.0. The van der Waals surface area contributed by atoms with Crippen molar-refractivity contribution in [2.45, 2.75) is 24.3 Å². The molecule has 1 saturated heterocycles. The Labute approximate surface area is 135 Å². The fourth-order valence-electron chi connectivity index (χ4n) is 2.38. The SMILES string of the molecule is NCc1cc(Cl)cc(S(=O)(=O)NCCN2CCCC2)c1Cl. The largest absolute Gasteiger partial charge is 0.326 e. The van der Waals surface area contributed by atoms with E-state index in [1.807, 2.05) is 0 Å². The smallest absolute Gasteiger partial charge is 0.242 e. The lowest BCUT2D eigenvalue weighted by molar-refractivity contribution is 0.344. The average molecular weight is 352 g/mol. The summed E-state index contributed by atoms with van der Waals surface area (Å²) in [6, 6.07) is 2.92. The fourth-order valence-corrected chi connectivity index (χ4v) is 4.35. The Morgan fingerprint density at radius 1 is 1.24 bits per heavy atom. The highest BCUT2D eigenvalue weighted by Crippen LogP contribution is 2.29. The maximum atomic E-state index is 12.3. The van der Waals surface area contributed by atoms with Gasteiger partial charge < -0.3 is 10.6 Å². The van der Waals surface area contributed by atoms with Gasteiger partial charge in [0.1, 0.15) is 4.90 Å². The van der Waals surface area contributed by atoms with Crippen LogP contribution < -0.4 is 10.5 Å². The molecule has 0 amide bonds. The van der Waals surface area contributed by atoms with Crippen molar-refractivity contribution in [3.8, 4) is 0 Å². The molecule has 3 N–H and O–H groups in total. The van der Waals surface area contributed by atoms with Gasteiger partial charge >= 0.3 is 0 Å². The fraction of sp³-hybridized carbons (Fsp3) is 0.538. The van der Waals surface area contributed by atoms with E-state index in [2.05, 4.69) is 9.62 Å². The van der Waals surface area contributed by atoms with Gasteiger partial charge in [0.15, 0.2) is 0 Å². The van der Waals surface area contributed by atoms with Gasteiger partial charge in [-0.05, 0) is 43.6 Å². The Morgan fingerprint density at radius 2 is 1.90 bits per heavy atom. The predicted octanol–water partition coefficient (Wildman–Crippen LogP) is 1.83. The van der Waals surface area contributed by atoms with Crippen LogP contribution in [0.3, 0.4) is 0 Å². The van der Waals surface area contributed by atoms with Crippen molar-refractivity contribution in [1.82, 2.24) is 9.62 Å². The third-order valence-electron chi connectivity index (χ3n) is 3.51. The molecule has 1 aromatic rings. The molecule has 1 aliphatic heterocycles. The number of rotatable bonds is 6. The molecule has 0 unspecified atom stereocenters. The molecule has 0 atom stereocenters. The molecule has 0 radical (unpaired) electrons. The van der Waals surface area contributed by atoms with E-state index >= 15 is 0 Å². The third-order valence-corrected chi connectivity index (χ3v) is 5.77. The molecular formula is C13H19Cl2N3O2S. The van der Waals surface area contributed by atoms with E-state index in [-0.39, 0.29) is 16.5 Å². The van der Waals surface area contributed by atoms with Gasteiger partial charge in [0.05, 0.1) is 5.02 Å². The van der Waals surface area contributed by atoms with Crippen LogP contribution in [-0.2, 0) is 16.6 Å².